The maximum absolute atomic E-state index is 12.1. The molecule has 2 aromatic carbocycles. The van der Waals surface area contributed by atoms with Gasteiger partial charge in [0.05, 0.1) is 39.8 Å². The number of rotatable bonds is 24. The van der Waals surface area contributed by atoms with Gasteiger partial charge in [-0.15, -0.1) is 0 Å². The molecule has 4 rings (SSSR count). The maximum Gasteiger partial charge on any atom is 0.331 e. The van der Waals surface area contributed by atoms with E-state index in [9.17, 15) is 33.6 Å². The molecule has 2 aromatic rings. The Kier molecular flexibility index (Phi) is 21.1. The molecule has 0 saturated heterocycles. The molecular weight excluding hydrogens is 804 g/mol. The van der Waals surface area contributed by atoms with Gasteiger partial charge in [0.25, 0.3) is 11.8 Å². The van der Waals surface area contributed by atoms with E-state index in [0.717, 1.165) is 4.90 Å². The third-order valence-corrected chi connectivity index (χ3v) is 9.71. The summed E-state index contributed by atoms with van der Waals surface area (Å²) in [6.45, 7) is 6.14. The van der Waals surface area contributed by atoms with Crippen LogP contribution in [0.5, 0.6) is 0 Å². The zero-order valence-corrected chi connectivity index (χ0v) is 35.3. The molecule has 1 aliphatic carbocycles. The quantitative estimate of drug-likeness (QED) is 0.0516. The SMILES string of the molecule is CC(C)(C)OC(=O)CNC(CCCCNC(=O)COCCOCCNC(=O)CCN1C(=O)C=CC1=O)C(=O)P=S.O=C(CO)OCC1c2ccccc2-c2ccccc21. The predicted molar refractivity (Wildman–Crippen MR) is 221 cm³/mol. The molecule has 4 amide bonds. The summed E-state index contributed by atoms with van der Waals surface area (Å²) in [5, 5.41) is 17.0. The lowest BCUT2D eigenvalue weighted by molar-refractivity contribution is -0.154. The van der Waals surface area contributed by atoms with Gasteiger partial charge in [0.2, 0.25) is 17.3 Å². The third kappa shape index (κ3) is 17.5. The van der Waals surface area contributed by atoms with Gasteiger partial charge in [0, 0.05) is 44.1 Å². The molecule has 0 fully saturated rings. The Morgan fingerprint density at radius 2 is 1.44 bits per heavy atom. The first-order chi connectivity index (χ1) is 28.2. The molecule has 1 atom stereocenters. The number of hydrogen-bond acceptors (Lipinski definition) is 14. The van der Waals surface area contributed by atoms with Crippen molar-refractivity contribution in [3.8, 4) is 11.1 Å². The number of esters is 2. The van der Waals surface area contributed by atoms with E-state index in [1.807, 2.05) is 24.3 Å². The van der Waals surface area contributed by atoms with Gasteiger partial charge in [-0.1, -0.05) is 48.5 Å². The Balaban J connectivity index is 0.000000401. The van der Waals surface area contributed by atoms with E-state index in [1.54, 1.807) is 20.8 Å². The Morgan fingerprint density at radius 1 is 0.831 bits per heavy atom. The van der Waals surface area contributed by atoms with Crippen molar-refractivity contribution in [2.75, 3.05) is 65.8 Å². The molecule has 59 heavy (non-hydrogen) atoms. The van der Waals surface area contributed by atoms with Crippen LogP contribution in [-0.4, -0.2) is 129 Å². The monoisotopic (exact) mass is 856 g/mol. The average Bonchev–Trinajstić information content (AvgIpc) is 3.71. The zero-order valence-electron chi connectivity index (χ0n) is 33.6. The van der Waals surface area contributed by atoms with E-state index in [2.05, 4.69) is 40.2 Å². The van der Waals surface area contributed by atoms with Crippen molar-refractivity contribution in [3.63, 3.8) is 0 Å². The minimum Gasteiger partial charge on any atom is -0.463 e. The van der Waals surface area contributed by atoms with Crippen LogP contribution in [0.2, 0.25) is 0 Å². The fourth-order valence-electron chi connectivity index (χ4n) is 5.97. The van der Waals surface area contributed by atoms with Crippen molar-refractivity contribution in [1.82, 2.24) is 20.9 Å². The van der Waals surface area contributed by atoms with Crippen LogP contribution >= 0.6 is 7.36 Å². The Morgan fingerprint density at radius 3 is 2.05 bits per heavy atom. The number of aliphatic hydroxyl groups is 1. The Bertz CT molecular complexity index is 1750. The summed E-state index contributed by atoms with van der Waals surface area (Å²) >= 11 is 4.83. The fraction of sp³-hybridized carbons (Fsp3) is 0.488. The molecule has 4 N–H and O–H groups in total. The second-order valence-corrected chi connectivity index (χ2v) is 15.5. The smallest absolute Gasteiger partial charge is 0.331 e. The number of nitrogens with zero attached hydrogens (tertiary/aromatic N) is 1. The number of benzene rings is 2. The first-order valence-corrected chi connectivity index (χ1v) is 21.1. The van der Waals surface area contributed by atoms with Crippen LogP contribution in [-0.2, 0) is 64.3 Å². The largest absolute Gasteiger partial charge is 0.463 e. The van der Waals surface area contributed by atoms with Crippen LogP contribution in [0.25, 0.3) is 11.1 Å². The van der Waals surface area contributed by atoms with Gasteiger partial charge in [0.1, 0.15) is 25.4 Å². The summed E-state index contributed by atoms with van der Waals surface area (Å²) in [4.78, 5) is 82.6. The van der Waals surface area contributed by atoms with Crippen LogP contribution in [0.4, 0.5) is 0 Å². The molecule has 16 nitrogen and oxygen atoms in total. The van der Waals surface area contributed by atoms with Crippen molar-refractivity contribution in [1.29, 1.82) is 0 Å². The van der Waals surface area contributed by atoms with Crippen molar-refractivity contribution in [2.24, 2.45) is 0 Å². The number of nitrogens with one attached hydrogen (secondary N) is 3. The molecule has 0 aromatic heterocycles. The number of ether oxygens (including phenoxy) is 4. The van der Waals surface area contributed by atoms with Crippen LogP contribution in [0.3, 0.4) is 0 Å². The Labute approximate surface area is 350 Å². The standard InChI is InChI=1S/C25H39N4O9PS.C16H14O3/c1-25(2,3)38-23(34)16-28-18(24(35)39-40)6-4-5-10-26-20(31)17-37-15-14-36-13-11-27-19(30)9-12-29-21(32)7-8-22(29)33;17-9-16(18)19-10-15-13-7-3-1-5-11(13)12-6-2-4-8-14(12)15/h7-8,18,28H,4-6,9-17H2,1-3H3,(H,26,31)(H,27,30);1-8,15,17H,9-10H2. The lowest BCUT2D eigenvalue weighted by Gasteiger charge is -2.21. The number of carbonyl (C=O) groups is 7. The first kappa shape index (κ1) is 48.6. The number of amides is 4. The summed E-state index contributed by atoms with van der Waals surface area (Å²) in [6, 6.07) is 15.7. The number of hydrogen-bond donors (Lipinski definition) is 4. The third-order valence-electron chi connectivity index (χ3n) is 8.68. The van der Waals surface area contributed by atoms with E-state index < -0.39 is 42.0 Å². The van der Waals surface area contributed by atoms with Crippen molar-refractivity contribution in [3.05, 3.63) is 71.8 Å². The second kappa shape index (κ2) is 25.7. The molecule has 1 unspecified atom stereocenters. The Hall–Kier alpha value is -4.77. The highest BCUT2D eigenvalue weighted by Crippen LogP contribution is 2.44. The lowest BCUT2D eigenvalue weighted by Crippen LogP contribution is -2.40. The predicted octanol–water partition coefficient (Wildman–Crippen LogP) is 2.31. The van der Waals surface area contributed by atoms with Gasteiger partial charge >= 0.3 is 11.9 Å². The van der Waals surface area contributed by atoms with E-state index in [1.165, 1.54) is 34.4 Å². The van der Waals surface area contributed by atoms with E-state index >= 15 is 0 Å². The highest BCUT2D eigenvalue weighted by molar-refractivity contribution is 8.03. The molecule has 2 aliphatic rings. The van der Waals surface area contributed by atoms with Gasteiger partial charge in [0.15, 0.2) is 0 Å². The molecule has 1 heterocycles. The van der Waals surface area contributed by atoms with Gasteiger partial charge in [-0.25, -0.2) is 4.79 Å². The van der Waals surface area contributed by atoms with Gasteiger partial charge < -0.3 is 34.7 Å². The maximum atomic E-state index is 12.1. The molecule has 320 valence electrons. The first-order valence-electron chi connectivity index (χ1n) is 19.2. The van der Waals surface area contributed by atoms with Crippen molar-refractivity contribution in [2.45, 2.75) is 64.0 Å². The van der Waals surface area contributed by atoms with Crippen molar-refractivity contribution >= 4 is 60.3 Å². The van der Waals surface area contributed by atoms with Crippen LogP contribution in [0, 0.1) is 0 Å². The highest BCUT2D eigenvalue weighted by Gasteiger charge is 2.29. The molecule has 1 aliphatic heterocycles. The number of unbranched alkanes of at least 4 members (excludes halogenated alkanes) is 1. The van der Waals surface area contributed by atoms with E-state index in [4.69, 9.17) is 35.9 Å². The van der Waals surface area contributed by atoms with E-state index in [-0.39, 0.29) is 89.7 Å². The molecular formula is C41H53N4O12PS. The number of carbonyl (C=O) groups excluding carboxylic acids is 7. The fourth-order valence-corrected chi connectivity index (χ4v) is 6.70. The minimum absolute atomic E-state index is 0.00923. The van der Waals surface area contributed by atoms with Crippen molar-refractivity contribution < 1.29 is 57.6 Å². The highest BCUT2D eigenvalue weighted by atomic mass is 32.4. The number of imide groups is 1. The summed E-state index contributed by atoms with van der Waals surface area (Å²) in [7, 11) is 0.191. The normalized spacial score (nSPS) is 13.6. The zero-order chi connectivity index (χ0) is 43.2. The summed E-state index contributed by atoms with van der Waals surface area (Å²) < 4.78 is 20.9. The molecule has 18 heteroatoms. The van der Waals surface area contributed by atoms with Gasteiger partial charge in [-0.3, -0.25) is 39.0 Å². The van der Waals surface area contributed by atoms with Crippen LogP contribution in [0.1, 0.15) is 63.5 Å². The summed E-state index contributed by atoms with van der Waals surface area (Å²) in [6.07, 6.45) is 4.10. The topological polar surface area (TPSA) is 216 Å². The summed E-state index contributed by atoms with van der Waals surface area (Å²) in [5.41, 5.74) is 3.95. The number of fused-ring (bicyclic) bond motifs is 3. The average molecular weight is 857 g/mol. The van der Waals surface area contributed by atoms with E-state index in [0.29, 0.717) is 25.8 Å². The number of aliphatic hydroxyl groups excluding tert-OH is 1. The summed E-state index contributed by atoms with van der Waals surface area (Å²) in [5.74, 6) is -2.40. The molecule has 0 saturated carbocycles. The molecule has 0 spiro atoms. The van der Waals surface area contributed by atoms with Gasteiger partial charge in [-0.05, 0) is 74.1 Å². The minimum atomic E-state index is -0.607. The van der Waals surface area contributed by atoms with Crippen LogP contribution in [0.15, 0.2) is 60.7 Å². The lowest BCUT2D eigenvalue weighted by atomic mass is 9.98. The molecule has 0 bridgehead atoms. The molecule has 0 radical (unpaired) electrons. The second-order valence-electron chi connectivity index (χ2n) is 14.3. The van der Waals surface area contributed by atoms with Crippen LogP contribution < -0.4 is 16.0 Å². The van der Waals surface area contributed by atoms with Gasteiger partial charge in [-0.2, -0.15) is 0 Å².